The van der Waals surface area contributed by atoms with Crippen LogP contribution in [0.4, 0.5) is 0 Å². The molecule has 1 aromatic carbocycles. The van der Waals surface area contributed by atoms with E-state index in [1.165, 1.54) is 6.20 Å². The molecule has 5 heteroatoms. The third kappa shape index (κ3) is 2.58. The number of aliphatic hydroxyl groups is 1. The van der Waals surface area contributed by atoms with Crippen molar-refractivity contribution >= 4 is 23.2 Å². The molecule has 2 aromatic rings. The molecule has 0 aliphatic rings. The molecule has 2 rings (SSSR count). The number of benzene rings is 1. The van der Waals surface area contributed by atoms with Crippen LogP contribution >= 0.6 is 23.2 Å². The zero-order valence-corrected chi connectivity index (χ0v) is 11.1. The third-order valence-electron chi connectivity index (χ3n) is 2.53. The molecular weight excluding hydrogens is 273 g/mol. The van der Waals surface area contributed by atoms with Gasteiger partial charge in [-0.1, -0.05) is 41.4 Å². The van der Waals surface area contributed by atoms with Crippen molar-refractivity contribution in [1.29, 1.82) is 0 Å². The van der Waals surface area contributed by atoms with Gasteiger partial charge in [0.2, 0.25) is 0 Å². The number of aromatic nitrogens is 1. The summed E-state index contributed by atoms with van der Waals surface area (Å²) in [6.07, 6.45) is 0.493. The van der Waals surface area contributed by atoms with Gasteiger partial charge in [0, 0.05) is 11.8 Å². The minimum absolute atomic E-state index is 0.320. The van der Waals surface area contributed by atoms with Gasteiger partial charge >= 0.3 is 0 Å². The van der Waals surface area contributed by atoms with Crippen molar-refractivity contribution < 1.29 is 9.84 Å². The Balaban J connectivity index is 2.44. The lowest BCUT2D eigenvalue weighted by Crippen LogP contribution is -2.05. The first-order valence-corrected chi connectivity index (χ1v) is 6.01. The van der Waals surface area contributed by atoms with Gasteiger partial charge in [0.15, 0.2) is 0 Å². The van der Waals surface area contributed by atoms with Crippen LogP contribution in [-0.4, -0.2) is 17.2 Å². The van der Waals surface area contributed by atoms with Crippen molar-refractivity contribution in [3.05, 3.63) is 57.8 Å². The van der Waals surface area contributed by atoms with E-state index in [2.05, 4.69) is 4.98 Å². The minimum atomic E-state index is -0.953. The Labute approximate surface area is 115 Å². The molecule has 1 atom stereocenters. The molecular formula is C13H11Cl2NO2. The van der Waals surface area contributed by atoms with Crippen LogP contribution in [0.15, 0.2) is 36.5 Å². The second-order valence-corrected chi connectivity index (χ2v) is 4.51. The third-order valence-corrected chi connectivity index (χ3v) is 3.04. The summed E-state index contributed by atoms with van der Waals surface area (Å²) < 4.78 is 5.19. The SMILES string of the molecule is COc1ccccc1C(O)c1ncc(Cl)cc1Cl. The van der Waals surface area contributed by atoms with Gasteiger partial charge in [0.05, 0.1) is 22.8 Å². The van der Waals surface area contributed by atoms with Gasteiger partial charge in [-0.2, -0.15) is 0 Å². The number of hydrogen-bond acceptors (Lipinski definition) is 3. The highest BCUT2D eigenvalue weighted by atomic mass is 35.5. The van der Waals surface area contributed by atoms with Crippen molar-refractivity contribution in [2.75, 3.05) is 7.11 Å². The predicted molar refractivity (Wildman–Crippen MR) is 71.3 cm³/mol. The number of ether oxygens (including phenoxy) is 1. The van der Waals surface area contributed by atoms with Gasteiger partial charge in [-0.3, -0.25) is 4.98 Å². The maximum Gasteiger partial charge on any atom is 0.126 e. The molecule has 1 aromatic heterocycles. The summed E-state index contributed by atoms with van der Waals surface area (Å²) in [5, 5.41) is 11.1. The standard InChI is InChI=1S/C13H11Cl2NO2/c1-18-11-5-3-2-4-9(11)13(17)12-10(15)6-8(14)7-16-12/h2-7,13,17H,1H3. The van der Waals surface area contributed by atoms with Gasteiger partial charge in [-0.05, 0) is 12.1 Å². The maximum atomic E-state index is 10.3. The highest BCUT2D eigenvalue weighted by molar-refractivity contribution is 6.34. The molecule has 1 unspecified atom stereocenters. The van der Waals surface area contributed by atoms with Crippen LogP contribution < -0.4 is 4.74 Å². The fourth-order valence-corrected chi connectivity index (χ4v) is 2.15. The maximum absolute atomic E-state index is 10.3. The molecule has 1 heterocycles. The van der Waals surface area contributed by atoms with E-state index in [9.17, 15) is 5.11 Å². The topological polar surface area (TPSA) is 42.4 Å². The number of aliphatic hydroxyl groups excluding tert-OH is 1. The van der Waals surface area contributed by atoms with Crippen molar-refractivity contribution in [2.24, 2.45) is 0 Å². The Morgan fingerprint density at radius 2 is 2.00 bits per heavy atom. The summed E-state index contributed by atoms with van der Waals surface area (Å²) in [6.45, 7) is 0. The number of rotatable bonds is 3. The first-order valence-electron chi connectivity index (χ1n) is 5.25. The summed E-state index contributed by atoms with van der Waals surface area (Å²) in [6, 6.07) is 8.71. The van der Waals surface area contributed by atoms with E-state index in [0.717, 1.165) is 0 Å². The zero-order valence-electron chi connectivity index (χ0n) is 9.60. The Bertz CT molecular complexity index is 560. The number of hydrogen-bond donors (Lipinski definition) is 1. The molecule has 94 valence electrons. The molecule has 0 bridgehead atoms. The smallest absolute Gasteiger partial charge is 0.126 e. The van der Waals surface area contributed by atoms with Crippen LogP contribution in [0.5, 0.6) is 5.75 Å². The van der Waals surface area contributed by atoms with Crippen molar-refractivity contribution in [2.45, 2.75) is 6.10 Å². The molecule has 18 heavy (non-hydrogen) atoms. The van der Waals surface area contributed by atoms with Gasteiger partial charge in [0.25, 0.3) is 0 Å². The highest BCUT2D eigenvalue weighted by Gasteiger charge is 2.19. The largest absolute Gasteiger partial charge is 0.496 e. The Morgan fingerprint density at radius 1 is 1.28 bits per heavy atom. The number of nitrogens with zero attached hydrogens (tertiary/aromatic N) is 1. The van der Waals surface area contributed by atoms with Gasteiger partial charge in [-0.15, -0.1) is 0 Å². The van der Waals surface area contributed by atoms with Crippen LogP contribution in [0.25, 0.3) is 0 Å². The lowest BCUT2D eigenvalue weighted by molar-refractivity contribution is 0.210. The molecule has 0 saturated heterocycles. The molecule has 0 fully saturated rings. The Kier molecular flexibility index (Phi) is 4.07. The second-order valence-electron chi connectivity index (χ2n) is 3.67. The summed E-state index contributed by atoms with van der Waals surface area (Å²) in [5.41, 5.74) is 0.960. The number of pyridine rings is 1. The Hall–Kier alpha value is -1.29. The van der Waals surface area contributed by atoms with E-state index in [0.29, 0.717) is 27.1 Å². The molecule has 0 radical (unpaired) electrons. The van der Waals surface area contributed by atoms with Crippen LogP contribution in [0.2, 0.25) is 10.0 Å². The monoisotopic (exact) mass is 283 g/mol. The van der Waals surface area contributed by atoms with Crippen LogP contribution in [0.3, 0.4) is 0 Å². The fourth-order valence-electron chi connectivity index (χ4n) is 1.67. The number of para-hydroxylation sites is 1. The van der Waals surface area contributed by atoms with E-state index >= 15 is 0 Å². The number of halogens is 2. The molecule has 3 nitrogen and oxygen atoms in total. The lowest BCUT2D eigenvalue weighted by atomic mass is 10.0. The average Bonchev–Trinajstić information content (AvgIpc) is 2.38. The average molecular weight is 284 g/mol. The molecule has 0 aliphatic carbocycles. The van der Waals surface area contributed by atoms with E-state index in [1.54, 1.807) is 25.3 Å². The molecule has 1 N–H and O–H groups in total. The molecule has 0 saturated carbocycles. The van der Waals surface area contributed by atoms with E-state index in [-0.39, 0.29) is 0 Å². The second kappa shape index (κ2) is 5.57. The number of methoxy groups -OCH3 is 1. The molecule has 0 amide bonds. The van der Waals surface area contributed by atoms with Crippen molar-refractivity contribution in [3.8, 4) is 5.75 Å². The van der Waals surface area contributed by atoms with Crippen LogP contribution in [0, 0.1) is 0 Å². The van der Waals surface area contributed by atoms with Crippen LogP contribution in [-0.2, 0) is 0 Å². The normalized spacial score (nSPS) is 12.2. The van der Waals surface area contributed by atoms with E-state index in [4.69, 9.17) is 27.9 Å². The van der Waals surface area contributed by atoms with E-state index < -0.39 is 6.10 Å². The predicted octanol–water partition coefficient (Wildman–Crippen LogP) is 3.48. The molecule has 0 spiro atoms. The lowest BCUT2D eigenvalue weighted by Gasteiger charge is -2.15. The minimum Gasteiger partial charge on any atom is -0.496 e. The summed E-state index contributed by atoms with van der Waals surface area (Å²) in [5.74, 6) is 0.581. The zero-order chi connectivity index (χ0) is 13.1. The van der Waals surface area contributed by atoms with Gasteiger partial charge in [0.1, 0.15) is 11.9 Å². The Morgan fingerprint density at radius 3 is 2.67 bits per heavy atom. The van der Waals surface area contributed by atoms with Crippen LogP contribution in [0.1, 0.15) is 17.4 Å². The summed E-state index contributed by atoms with van der Waals surface area (Å²) in [4.78, 5) is 4.06. The van der Waals surface area contributed by atoms with Gasteiger partial charge in [-0.25, -0.2) is 0 Å². The fraction of sp³-hybridized carbons (Fsp3) is 0.154. The quantitative estimate of drug-likeness (QED) is 0.938. The summed E-state index contributed by atoms with van der Waals surface area (Å²) in [7, 11) is 1.54. The van der Waals surface area contributed by atoms with Crippen molar-refractivity contribution in [3.63, 3.8) is 0 Å². The molecule has 0 aliphatic heterocycles. The highest BCUT2D eigenvalue weighted by Crippen LogP contribution is 2.32. The van der Waals surface area contributed by atoms with E-state index in [1.807, 2.05) is 12.1 Å². The first-order chi connectivity index (χ1) is 8.63. The first kappa shape index (κ1) is 13.1. The van der Waals surface area contributed by atoms with Gasteiger partial charge < -0.3 is 9.84 Å². The summed E-state index contributed by atoms with van der Waals surface area (Å²) >= 11 is 11.8. The van der Waals surface area contributed by atoms with Crippen molar-refractivity contribution in [1.82, 2.24) is 4.98 Å².